The Morgan fingerprint density at radius 1 is 1.32 bits per heavy atom. The first-order valence-corrected chi connectivity index (χ1v) is 8.18. The zero-order valence-electron chi connectivity index (χ0n) is 14.4. The monoisotopic (exact) mass is 347 g/mol. The van der Waals surface area contributed by atoms with Gasteiger partial charge in [0.15, 0.2) is 11.6 Å². The molecule has 0 saturated carbocycles. The van der Waals surface area contributed by atoms with Gasteiger partial charge in [-0.25, -0.2) is 9.37 Å². The minimum absolute atomic E-state index is 0.148. The Kier molecular flexibility index (Phi) is 6.68. The summed E-state index contributed by atoms with van der Waals surface area (Å²) in [6.45, 7) is 4.21. The Bertz CT molecular complexity index is 789. The summed E-state index contributed by atoms with van der Waals surface area (Å²) in [4.78, 5) is 30.5. The maximum absolute atomic E-state index is 13.4. The molecule has 1 heterocycles. The molecule has 0 fully saturated rings. The number of carbonyl (C=O) groups is 1. The van der Waals surface area contributed by atoms with Crippen molar-refractivity contribution in [3.63, 3.8) is 0 Å². The molecule has 2 rings (SSSR count). The van der Waals surface area contributed by atoms with Crippen LogP contribution in [-0.4, -0.2) is 29.0 Å². The van der Waals surface area contributed by atoms with Crippen LogP contribution in [0.3, 0.4) is 0 Å². The molecule has 1 aromatic carbocycles. The zero-order valence-corrected chi connectivity index (χ0v) is 14.4. The minimum Gasteiger partial charge on any atom is -0.490 e. The molecule has 0 unspecified atom stereocenters. The molecule has 0 spiro atoms. The van der Waals surface area contributed by atoms with E-state index in [0.717, 1.165) is 0 Å². The maximum atomic E-state index is 13.4. The number of aromatic amines is 1. The van der Waals surface area contributed by atoms with Crippen LogP contribution >= 0.6 is 0 Å². The van der Waals surface area contributed by atoms with Gasteiger partial charge >= 0.3 is 0 Å². The lowest BCUT2D eigenvalue weighted by atomic mass is 10.1. The Balaban J connectivity index is 1.68. The molecule has 1 aromatic heterocycles. The van der Waals surface area contributed by atoms with Gasteiger partial charge in [-0.2, -0.15) is 0 Å². The van der Waals surface area contributed by atoms with E-state index in [4.69, 9.17) is 4.74 Å². The van der Waals surface area contributed by atoms with Crippen molar-refractivity contribution in [2.75, 3.05) is 13.2 Å². The standard InChI is InChI=1S/C18H22FN3O3/c1-12-14(18(24)22-13(2)21-12)8-9-17(23)20-10-5-11-25-16-7-4-3-6-15(16)19/h3-4,6-7H,5,8-11H2,1-2H3,(H,20,23)(H,21,22,24). The molecule has 1 amide bonds. The van der Waals surface area contributed by atoms with Gasteiger partial charge in [0, 0.05) is 24.2 Å². The van der Waals surface area contributed by atoms with E-state index in [1.165, 1.54) is 6.07 Å². The molecule has 2 aromatic rings. The predicted molar refractivity (Wildman–Crippen MR) is 92.2 cm³/mol. The number of para-hydroxylation sites is 1. The van der Waals surface area contributed by atoms with Crippen LogP contribution < -0.4 is 15.6 Å². The first kappa shape index (κ1) is 18.6. The van der Waals surface area contributed by atoms with E-state index in [0.29, 0.717) is 43.1 Å². The summed E-state index contributed by atoms with van der Waals surface area (Å²) in [5, 5.41) is 2.76. The van der Waals surface area contributed by atoms with E-state index >= 15 is 0 Å². The highest BCUT2D eigenvalue weighted by atomic mass is 19.1. The fourth-order valence-corrected chi connectivity index (χ4v) is 2.42. The van der Waals surface area contributed by atoms with Crippen molar-refractivity contribution < 1.29 is 13.9 Å². The Hall–Kier alpha value is -2.70. The lowest BCUT2D eigenvalue weighted by Gasteiger charge is -2.08. The SMILES string of the molecule is Cc1nc(C)c(CCC(=O)NCCCOc2ccccc2F)c(=O)[nH]1. The number of carbonyl (C=O) groups excluding carboxylic acids is 1. The van der Waals surface area contributed by atoms with Crippen molar-refractivity contribution in [2.24, 2.45) is 0 Å². The highest BCUT2D eigenvalue weighted by Crippen LogP contribution is 2.15. The highest BCUT2D eigenvalue weighted by molar-refractivity contribution is 5.76. The summed E-state index contributed by atoms with van der Waals surface area (Å²) < 4.78 is 18.7. The van der Waals surface area contributed by atoms with Crippen molar-refractivity contribution in [3.8, 4) is 5.75 Å². The van der Waals surface area contributed by atoms with Gasteiger partial charge in [-0.15, -0.1) is 0 Å². The third-order valence-electron chi connectivity index (χ3n) is 3.68. The van der Waals surface area contributed by atoms with Gasteiger partial charge in [-0.3, -0.25) is 9.59 Å². The molecule has 0 saturated heterocycles. The van der Waals surface area contributed by atoms with E-state index in [1.807, 2.05) is 0 Å². The first-order chi connectivity index (χ1) is 12.0. The number of nitrogens with zero attached hydrogens (tertiary/aromatic N) is 1. The van der Waals surface area contributed by atoms with Gasteiger partial charge in [0.05, 0.1) is 6.61 Å². The number of amides is 1. The Morgan fingerprint density at radius 3 is 2.80 bits per heavy atom. The summed E-state index contributed by atoms with van der Waals surface area (Å²) in [5.74, 6) is 0.213. The van der Waals surface area contributed by atoms with Crippen LogP contribution in [0.25, 0.3) is 0 Å². The molecule has 0 atom stereocenters. The molecule has 25 heavy (non-hydrogen) atoms. The minimum atomic E-state index is -0.404. The summed E-state index contributed by atoms with van der Waals surface area (Å²) in [5.41, 5.74) is 0.979. The van der Waals surface area contributed by atoms with Gasteiger partial charge in [-0.1, -0.05) is 12.1 Å². The van der Waals surface area contributed by atoms with Gasteiger partial charge in [0.25, 0.3) is 5.56 Å². The van der Waals surface area contributed by atoms with Gasteiger partial charge in [0.1, 0.15) is 5.82 Å². The number of hydrogen-bond donors (Lipinski definition) is 2. The largest absolute Gasteiger partial charge is 0.490 e. The van der Waals surface area contributed by atoms with Gasteiger partial charge in [0.2, 0.25) is 5.91 Å². The van der Waals surface area contributed by atoms with E-state index in [1.54, 1.807) is 32.0 Å². The second kappa shape index (κ2) is 8.96. The van der Waals surface area contributed by atoms with E-state index < -0.39 is 5.82 Å². The second-order valence-corrected chi connectivity index (χ2v) is 5.70. The molecule has 0 bridgehead atoms. The molecule has 6 nitrogen and oxygen atoms in total. The van der Waals surface area contributed by atoms with Gasteiger partial charge < -0.3 is 15.0 Å². The Labute approximate surface area is 145 Å². The number of halogens is 1. The summed E-state index contributed by atoms with van der Waals surface area (Å²) >= 11 is 0. The summed E-state index contributed by atoms with van der Waals surface area (Å²) in [7, 11) is 0. The zero-order chi connectivity index (χ0) is 18.2. The Morgan fingerprint density at radius 2 is 2.08 bits per heavy atom. The fourth-order valence-electron chi connectivity index (χ4n) is 2.42. The molecule has 0 aliphatic rings. The van der Waals surface area contributed by atoms with E-state index in [2.05, 4.69) is 15.3 Å². The number of aromatic nitrogens is 2. The number of H-pyrrole nitrogens is 1. The number of hydrogen-bond acceptors (Lipinski definition) is 4. The quantitative estimate of drug-likeness (QED) is 0.716. The first-order valence-electron chi connectivity index (χ1n) is 8.18. The smallest absolute Gasteiger partial charge is 0.254 e. The maximum Gasteiger partial charge on any atom is 0.254 e. The van der Waals surface area contributed by atoms with E-state index in [9.17, 15) is 14.0 Å². The third kappa shape index (κ3) is 5.70. The molecule has 2 N–H and O–H groups in total. The van der Waals surface area contributed by atoms with Gasteiger partial charge in [-0.05, 0) is 38.8 Å². The van der Waals surface area contributed by atoms with Crippen LogP contribution in [-0.2, 0) is 11.2 Å². The van der Waals surface area contributed by atoms with Crippen molar-refractivity contribution in [1.29, 1.82) is 0 Å². The highest BCUT2D eigenvalue weighted by Gasteiger charge is 2.09. The van der Waals surface area contributed by atoms with Crippen molar-refractivity contribution in [2.45, 2.75) is 33.1 Å². The number of nitrogens with one attached hydrogen (secondary N) is 2. The molecule has 0 aliphatic carbocycles. The summed E-state index contributed by atoms with van der Waals surface area (Å²) in [6.07, 6.45) is 1.11. The predicted octanol–water partition coefficient (Wildman–Crippen LogP) is 2.04. The molecular weight excluding hydrogens is 325 g/mol. The third-order valence-corrected chi connectivity index (χ3v) is 3.68. The normalized spacial score (nSPS) is 10.5. The van der Waals surface area contributed by atoms with Crippen LogP contribution in [0.2, 0.25) is 0 Å². The van der Waals surface area contributed by atoms with Crippen molar-refractivity contribution in [1.82, 2.24) is 15.3 Å². The molecule has 134 valence electrons. The van der Waals surface area contributed by atoms with Crippen LogP contribution in [0, 0.1) is 19.7 Å². The summed E-state index contributed by atoms with van der Waals surface area (Å²) in [6, 6.07) is 6.19. The number of aryl methyl sites for hydroxylation is 2. The lowest BCUT2D eigenvalue weighted by Crippen LogP contribution is -2.27. The average Bonchev–Trinajstić information content (AvgIpc) is 2.55. The number of benzene rings is 1. The van der Waals surface area contributed by atoms with E-state index in [-0.39, 0.29) is 23.6 Å². The van der Waals surface area contributed by atoms with Crippen LogP contribution in [0.15, 0.2) is 29.1 Å². The fraction of sp³-hybridized carbons (Fsp3) is 0.389. The second-order valence-electron chi connectivity index (χ2n) is 5.70. The molecule has 0 radical (unpaired) electrons. The molecular formula is C18H22FN3O3. The average molecular weight is 347 g/mol. The van der Waals surface area contributed by atoms with Crippen LogP contribution in [0.1, 0.15) is 29.9 Å². The molecule has 7 heteroatoms. The number of ether oxygens (including phenoxy) is 1. The van der Waals surface area contributed by atoms with Crippen molar-refractivity contribution in [3.05, 3.63) is 57.5 Å². The van der Waals surface area contributed by atoms with Crippen molar-refractivity contribution >= 4 is 5.91 Å². The molecule has 0 aliphatic heterocycles. The van der Waals surface area contributed by atoms with Crippen LogP contribution in [0.4, 0.5) is 4.39 Å². The lowest BCUT2D eigenvalue weighted by molar-refractivity contribution is -0.121. The number of rotatable bonds is 8. The van der Waals surface area contributed by atoms with Crippen LogP contribution in [0.5, 0.6) is 5.75 Å². The topological polar surface area (TPSA) is 84.1 Å².